The molecule has 0 aliphatic heterocycles. The van der Waals surface area contributed by atoms with Crippen LogP contribution in [0.3, 0.4) is 0 Å². The number of pyridine rings is 1. The first-order valence-electron chi connectivity index (χ1n) is 5.35. The van der Waals surface area contributed by atoms with Crippen LogP contribution >= 0.6 is 23.2 Å². The quantitative estimate of drug-likeness (QED) is 0.861. The van der Waals surface area contributed by atoms with Crippen LogP contribution in [0.1, 0.15) is 31.4 Å². The SMILES string of the molecule is CC(NC(=O)OC1CC1)c1cc(Cl)nc(Cl)c1. The summed E-state index contributed by atoms with van der Waals surface area (Å²) in [5.41, 5.74) is 0.794. The Kier molecular flexibility index (Phi) is 3.74. The molecule has 0 aromatic carbocycles. The number of nitrogens with zero attached hydrogens (tertiary/aromatic N) is 1. The Morgan fingerprint density at radius 2 is 2.06 bits per heavy atom. The van der Waals surface area contributed by atoms with Gasteiger partial charge in [0.05, 0.1) is 6.04 Å². The molecule has 1 aromatic rings. The van der Waals surface area contributed by atoms with Crippen LogP contribution in [0.15, 0.2) is 12.1 Å². The van der Waals surface area contributed by atoms with Gasteiger partial charge < -0.3 is 10.1 Å². The van der Waals surface area contributed by atoms with Gasteiger partial charge in [-0.2, -0.15) is 0 Å². The Labute approximate surface area is 109 Å². The number of ether oxygens (including phenoxy) is 1. The molecule has 1 aliphatic carbocycles. The molecular weight excluding hydrogens is 263 g/mol. The number of hydrogen-bond acceptors (Lipinski definition) is 3. The van der Waals surface area contributed by atoms with E-state index in [1.807, 2.05) is 6.92 Å². The number of aromatic nitrogens is 1. The van der Waals surface area contributed by atoms with Crippen LogP contribution in [0.2, 0.25) is 10.3 Å². The fourth-order valence-corrected chi connectivity index (χ4v) is 1.84. The predicted molar refractivity (Wildman–Crippen MR) is 65.3 cm³/mol. The van der Waals surface area contributed by atoms with Crippen LogP contribution in [0.4, 0.5) is 4.79 Å². The zero-order valence-electron chi connectivity index (χ0n) is 9.24. The molecule has 0 radical (unpaired) electrons. The third-order valence-corrected chi connectivity index (χ3v) is 2.80. The predicted octanol–water partition coefficient (Wildman–Crippen LogP) is 3.34. The minimum absolute atomic E-state index is 0.0896. The first-order chi connectivity index (χ1) is 8.04. The Morgan fingerprint density at radius 1 is 1.47 bits per heavy atom. The topological polar surface area (TPSA) is 51.2 Å². The van der Waals surface area contributed by atoms with Crippen LogP contribution < -0.4 is 5.32 Å². The maximum atomic E-state index is 11.4. The molecule has 1 heterocycles. The molecule has 0 bridgehead atoms. The lowest BCUT2D eigenvalue weighted by Crippen LogP contribution is -2.28. The van der Waals surface area contributed by atoms with E-state index < -0.39 is 6.09 Å². The summed E-state index contributed by atoms with van der Waals surface area (Å²) in [7, 11) is 0. The van der Waals surface area contributed by atoms with Gasteiger partial charge in [-0.25, -0.2) is 9.78 Å². The van der Waals surface area contributed by atoms with Crippen molar-refractivity contribution in [3.63, 3.8) is 0 Å². The number of alkyl carbamates (subject to hydrolysis) is 1. The van der Waals surface area contributed by atoms with E-state index >= 15 is 0 Å². The minimum atomic E-state index is -0.413. The van der Waals surface area contributed by atoms with Crippen molar-refractivity contribution in [2.75, 3.05) is 0 Å². The number of carbonyl (C=O) groups is 1. The van der Waals surface area contributed by atoms with Gasteiger partial charge in [-0.05, 0) is 37.5 Å². The van der Waals surface area contributed by atoms with Gasteiger partial charge in [0.15, 0.2) is 0 Å². The Hall–Kier alpha value is -1.00. The lowest BCUT2D eigenvalue weighted by molar-refractivity contribution is 0.136. The van der Waals surface area contributed by atoms with Gasteiger partial charge in [-0.1, -0.05) is 23.2 Å². The van der Waals surface area contributed by atoms with E-state index in [-0.39, 0.29) is 12.1 Å². The monoisotopic (exact) mass is 274 g/mol. The van der Waals surface area contributed by atoms with E-state index in [1.54, 1.807) is 12.1 Å². The number of rotatable bonds is 3. The standard InChI is InChI=1S/C11H12Cl2N2O2/c1-6(14-11(16)17-8-2-3-8)7-4-9(12)15-10(13)5-7/h4-6,8H,2-3H2,1H3,(H,14,16). The van der Waals surface area contributed by atoms with Crippen molar-refractivity contribution in [1.82, 2.24) is 10.3 Å². The highest BCUT2D eigenvalue weighted by Crippen LogP contribution is 2.24. The molecule has 1 atom stereocenters. The van der Waals surface area contributed by atoms with Crippen molar-refractivity contribution in [1.29, 1.82) is 0 Å². The van der Waals surface area contributed by atoms with Crippen LogP contribution in [0.25, 0.3) is 0 Å². The molecule has 6 heteroatoms. The molecule has 1 aliphatic rings. The second-order valence-corrected chi connectivity index (χ2v) is 4.79. The summed E-state index contributed by atoms with van der Waals surface area (Å²) in [5, 5.41) is 3.32. The summed E-state index contributed by atoms with van der Waals surface area (Å²) in [4.78, 5) is 15.3. The summed E-state index contributed by atoms with van der Waals surface area (Å²) < 4.78 is 5.08. The number of hydrogen-bond donors (Lipinski definition) is 1. The highest BCUT2D eigenvalue weighted by Gasteiger charge is 2.26. The molecule has 1 amide bonds. The number of nitrogens with one attached hydrogen (secondary N) is 1. The second kappa shape index (κ2) is 5.10. The molecule has 92 valence electrons. The molecule has 1 fully saturated rings. The van der Waals surface area contributed by atoms with E-state index in [0.717, 1.165) is 18.4 Å². The van der Waals surface area contributed by atoms with Gasteiger partial charge in [0.1, 0.15) is 16.4 Å². The summed E-state index contributed by atoms with van der Waals surface area (Å²) in [6, 6.07) is 3.10. The Balaban J connectivity index is 1.97. The average Bonchev–Trinajstić information content (AvgIpc) is 2.99. The largest absolute Gasteiger partial charge is 0.446 e. The molecule has 17 heavy (non-hydrogen) atoms. The summed E-state index contributed by atoms with van der Waals surface area (Å²) >= 11 is 11.6. The van der Waals surface area contributed by atoms with Crippen LogP contribution in [-0.4, -0.2) is 17.2 Å². The molecule has 0 saturated heterocycles. The molecule has 1 saturated carbocycles. The number of amides is 1. The van der Waals surface area contributed by atoms with E-state index in [4.69, 9.17) is 27.9 Å². The number of carbonyl (C=O) groups excluding carboxylic acids is 1. The number of halogens is 2. The third-order valence-electron chi connectivity index (χ3n) is 2.42. The van der Waals surface area contributed by atoms with Gasteiger partial charge in [0.25, 0.3) is 0 Å². The molecule has 1 unspecified atom stereocenters. The van der Waals surface area contributed by atoms with Crippen molar-refractivity contribution in [3.05, 3.63) is 28.0 Å². The van der Waals surface area contributed by atoms with Gasteiger partial charge in [0, 0.05) is 0 Å². The molecule has 2 rings (SSSR count). The maximum Gasteiger partial charge on any atom is 0.407 e. The lowest BCUT2D eigenvalue weighted by Gasteiger charge is -2.14. The first kappa shape index (κ1) is 12.5. The summed E-state index contributed by atoms with van der Waals surface area (Å²) in [6.07, 6.45) is 1.58. The normalized spacial score (nSPS) is 16.4. The van der Waals surface area contributed by atoms with Crippen LogP contribution in [-0.2, 0) is 4.74 Å². The van der Waals surface area contributed by atoms with Gasteiger partial charge >= 0.3 is 6.09 Å². The first-order valence-corrected chi connectivity index (χ1v) is 6.10. The van der Waals surface area contributed by atoms with Crippen molar-refractivity contribution in [3.8, 4) is 0 Å². The fraction of sp³-hybridized carbons (Fsp3) is 0.455. The van der Waals surface area contributed by atoms with Crippen molar-refractivity contribution >= 4 is 29.3 Å². The molecule has 1 N–H and O–H groups in total. The van der Waals surface area contributed by atoms with E-state index in [1.165, 1.54) is 0 Å². The zero-order chi connectivity index (χ0) is 12.4. The average molecular weight is 275 g/mol. The molecular formula is C11H12Cl2N2O2. The van der Waals surface area contributed by atoms with Gasteiger partial charge in [-0.3, -0.25) is 0 Å². The van der Waals surface area contributed by atoms with E-state index in [0.29, 0.717) is 10.3 Å². The molecule has 0 spiro atoms. The van der Waals surface area contributed by atoms with Crippen molar-refractivity contribution in [2.24, 2.45) is 0 Å². The highest BCUT2D eigenvalue weighted by atomic mass is 35.5. The highest BCUT2D eigenvalue weighted by molar-refractivity contribution is 6.32. The smallest absolute Gasteiger partial charge is 0.407 e. The van der Waals surface area contributed by atoms with Crippen molar-refractivity contribution in [2.45, 2.75) is 31.9 Å². The second-order valence-electron chi connectivity index (χ2n) is 4.02. The van der Waals surface area contributed by atoms with Crippen LogP contribution in [0.5, 0.6) is 0 Å². The summed E-state index contributed by atoms with van der Waals surface area (Å²) in [6.45, 7) is 1.83. The van der Waals surface area contributed by atoms with Gasteiger partial charge in [0.2, 0.25) is 0 Å². The Morgan fingerprint density at radius 3 is 2.59 bits per heavy atom. The lowest BCUT2D eigenvalue weighted by atomic mass is 10.1. The molecule has 4 nitrogen and oxygen atoms in total. The minimum Gasteiger partial charge on any atom is -0.446 e. The van der Waals surface area contributed by atoms with Gasteiger partial charge in [-0.15, -0.1) is 0 Å². The van der Waals surface area contributed by atoms with E-state index in [9.17, 15) is 4.79 Å². The van der Waals surface area contributed by atoms with Crippen LogP contribution in [0, 0.1) is 0 Å². The van der Waals surface area contributed by atoms with Crippen molar-refractivity contribution < 1.29 is 9.53 Å². The maximum absolute atomic E-state index is 11.4. The molecule has 1 aromatic heterocycles. The summed E-state index contributed by atoms with van der Waals surface area (Å²) in [5.74, 6) is 0. The Bertz CT molecular complexity index is 415. The fourth-order valence-electron chi connectivity index (χ4n) is 1.36. The third kappa shape index (κ3) is 3.75. The zero-order valence-corrected chi connectivity index (χ0v) is 10.8. The van der Waals surface area contributed by atoms with E-state index in [2.05, 4.69) is 10.3 Å².